The Bertz CT molecular complexity index is 651. The zero-order chi connectivity index (χ0) is 17.3. The van der Waals surface area contributed by atoms with Gasteiger partial charge in [0.25, 0.3) is 0 Å². The summed E-state index contributed by atoms with van der Waals surface area (Å²) in [5, 5.41) is 2.63. The normalized spacial score (nSPS) is 13.0. The van der Waals surface area contributed by atoms with Crippen LogP contribution < -0.4 is 10.6 Å². The molecule has 0 fully saturated rings. The van der Waals surface area contributed by atoms with Gasteiger partial charge in [0.05, 0.1) is 16.1 Å². The SMILES string of the molecule is C[Si](C)(C)C([Si](C)(C)C)=P(Cl)(c1ccccc1)c1ccccc1. The van der Waals surface area contributed by atoms with Gasteiger partial charge in [0.2, 0.25) is 0 Å². The van der Waals surface area contributed by atoms with Gasteiger partial charge in [0, 0.05) is 6.24 Å². The van der Waals surface area contributed by atoms with Crippen molar-refractivity contribution in [3.05, 3.63) is 60.7 Å². The van der Waals surface area contributed by atoms with Crippen LogP contribution in [-0.2, 0) is 0 Å². The first kappa shape index (κ1) is 18.8. The van der Waals surface area contributed by atoms with Gasteiger partial charge >= 0.3 is 0 Å². The van der Waals surface area contributed by atoms with Gasteiger partial charge in [0.1, 0.15) is 0 Å². The fourth-order valence-electron chi connectivity index (χ4n) is 3.72. The summed E-state index contributed by atoms with van der Waals surface area (Å²) in [6.45, 7) is 14.8. The van der Waals surface area contributed by atoms with Gasteiger partial charge in [-0.15, -0.1) is 0 Å². The molecule has 0 nitrogen and oxygen atoms in total. The van der Waals surface area contributed by atoms with E-state index in [4.69, 9.17) is 11.2 Å². The third-order valence-corrected chi connectivity index (χ3v) is 22.5. The van der Waals surface area contributed by atoms with Crippen molar-refractivity contribution in [3.8, 4) is 0 Å². The van der Waals surface area contributed by atoms with E-state index in [0.717, 1.165) is 0 Å². The lowest BCUT2D eigenvalue weighted by atomic mass is 10.4. The van der Waals surface area contributed by atoms with Gasteiger partial charge in [-0.25, -0.2) is 0 Å². The molecule has 0 aliphatic heterocycles. The molecule has 0 atom stereocenters. The van der Waals surface area contributed by atoms with E-state index in [9.17, 15) is 0 Å². The molecule has 0 spiro atoms. The van der Waals surface area contributed by atoms with Crippen molar-refractivity contribution in [3.63, 3.8) is 0 Å². The number of hydrogen-bond acceptors (Lipinski definition) is 0. The van der Waals surface area contributed by atoms with Crippen molar-refractivity contribution >= 4 is 48.8 Å². The number of rotatable bonds is 4. The molecule has 0 amide bonds. The average molecular weight is 379 g/mol. The van der Waals surface area contributed by atoms with Crippen LogP contribution in [0.4, 0.5) is 0 Å². The molecule has 0 aliphatic carbocycles. The Balaban J connectivity index is 3.01. The Hall–Kier alpha value is -0.536. The minimum absolute atomic E-state index is 1.31. The van der Waals surface area contributed by atoms with Crippen molar-refractivity contribution in [1.82, 2.24) is 0 Å². The predicted octanol–water partition coefficient (Wildman–Crippen LogP) is 5.74. The second-order valence-corrected chi connectivity index (χ2v) is 23.6. The minimum Gasteiger partial charge on any atom is -0.0886 e. The van der Waals surface area contributed by atoms with Gasteiger partial charge in [0.15, 0.2) is 0 Å². The number of benzene rings is 2. The Kier molecular flexibility index (Phi) is 5.52. The standard InChI is InChI=1S/C19H28ClPSi2/c1-22(2,3)19(23(4,5)6)21(20,17-13-9-7-10-14-17)18-15-11-8-12-16-18/h7-16H,1-6H3. The maximum absolute atomic E-state index is 7.67. The molecule has 2 aromatic rings. The summed E-state index contributed by atoms with van der Waals surface area (Å²) in [6.07, 6.45) is -2.01. The number of halogens is 1. The molecule has 4 heteroatoms. The molecule has 23 heavy (non-hydrogen) atoms. The molecule has 0 aliphatic rings. The van der Waals surface area contributed by atoms with Crippen LogP contribution in [0.2, 0.25) is 39.3 Å². The molecular formula is C19H28ClPSi2. The maximum atomic E-state index is 7.67. The summed E-state index contributed by atoms with van der Waals surface area (Å²) in [5.41, 5.74) is 0. The summed E-state index contributed by atoms with van der Waals surface area (Å²) in [7, 11) is -3.05. The lowest BCUT2D eigenvalue weighted by Gasteiger charge is -2.39. The summed E-state index contributed by atoms with van der Waals surface area (Å²) in [4.78, 5) is 0. The van der Waals surface area contributed by atoms with E-state index in [1.54, 1.807) is 4.54 Å². The van der Waals surface area contributed by atoms with Crippen LogP contribution >= 0.6 is 17.5 Å². The second-order valence-electron chi connectivity index (χ2n) is 8.11. The first-order valence-corrected chi connectivity index (χ1v) is 17.9. The molecule has 0 aromatic heterocycles. The van der Waals surface area contributed by atoms with E-state index in [-0.39, 0.29) is 0 Å². The Morgan fingerprint density at radius 1 is 0.652 bits per heavy atom. The zero-order valence-corrected chi connectivity index (χ0v) is 18.7. The smallest absolute Gasteiger partial charge is 0.0705 e. The fraction of sp³-hybridized carbons (Fsp3) is 0.316. The lowest BCUT2D eigenvalue weighted by molar-refractivity contribution is 1.75. The molecule has 0 saturated heterocycles. The molecule has 0 unspecified atom stereocenters. The molecule has 124 valence electrons. The van der Waals surface area contributed by atoms with Gasteiger partial charge in [-0.1, -0.05) is 116 Å². The fourth-order valence-corrected chi connectivity index (χ4v) is 28.9. The Morgan fingerprint density at radius 2 is 0.957 bits per heavy atom. The zero-order valence-electron chi connectivity index (χ0n) is 15.1. The molecule has 0 saturated carbocycles. The van der Waals surface area contributed by atoms with E-state index in [1.807, 2.05) is 0 Å². The Morgan fingerprint density at radius 3 is 1.22 bits per heavy atom. The molecule has 0 heterocycles. The van der Waals surface area contributed by atoms with Crippen LogP contribution in [0.25, 0.3) is 0 Å². The molecule has 0 bridgehead atoms. The van der Waals surface area contributed by atoms with E-state index >= 15 is 0 Å². The first-order chi connectivity index (χ1) is 10.6. The second kappa shape index (κ2) is 6.76. The topological polar surface area (TPSA) is 0 Å². The predicted molar refractivity (Wildman–Crippen MR) is 117 cm³/mol. The third-order valence-electron chi connectivity index (χ3n) is 3.95. The molecule has 2 aromatic carbocycles. The highest BCUT2D eigenvalue weighted by atomic mass is 35.7. The maximum Gasteiger partial charge on any atom is 0.0705 e. The first-order valence-electron chi connectivity index (χ1n) is 8.16. The van der Waals surface area contributed by atoms with Crippen LogP contribution in [0.5, 0.6) is 0 Å². The Labute approximate surface area is 148 Å². The average Bonchev–Trinajstić information content (AvgIpc) is 2.46. The van der Waals surface area contributed by atoms with E-state index in [1.165, 1.54) is 10.6 Å². The van der Waals surface area contributed by atoms with Crippen LogP contribution in [0.1, 0.15) is 0 Å². The van der Waals surface area contributed by atoms with Crippen LogP contribution in [0, 0.1) is 0 Å². The number of hydrogen-bond donors (Lipinski definition) is 0. The van der Waals surface area contributed by atoms with E-state index in [0.29, 0.717) is 0 Å². The monoisotopic (exact) mass is 378 g/mol. The quantitative estimate of drug-likeness (QED) is 0.470. The van der Waals surface area contributed by atoms with Crippen molar-refractivity contribution in [1.29, 1.82) is 0 Å². The van der Waals surface area contributed by atoms with Crippen molar-refractivity contribution in [2.45, 2.75) is 39.3 Å². The van der Waals surface area contributed by atoms with Crippen LogP contribution in [0.3, 0.4) is 0 Å². The molecule has 2 rings (SSSR count). The molecule has 0 N–H and O–H groups in total. The summed E-state index contributed by atoms with van der Waals surface area (Å²) >= 11 is 7.67. The van der Waals surface area contributed by atoms with Crippen molar-refractivity contribution in [2.24, 2.45) is 0 Å². The highest BCUT2D eigenvalue weighted by molar-refractivity contribution is 8.13. The summed E-state index contributed by atoms with van der Waals surface area (Å²) in [5.74, 6) is 0. The van der Waals surface area contributed by atoms with Gasteiger partial charge in [-0.3, -0.25) is 0 Å². The highest BCUT2D eigenvalue weighted by Crippen LogP contribution is 2.55. The largest absolute Gasteiger partial charge is 0.0886 e. The van der Waals surface area contributed by atoms with Crippen LogP contribution in [0.15, 0.2) is 60.7 Å². The summed E-state index contributed by atoms with van der Waals surface area (Å²) < 4.78 is 1.72. The van der Waals surface area contributed by atoms with Gasteiger partial charge < -0.3 is 0 Å². The summed E-state index contributed by atoms with van der Waals surface area (Å²) in [6, 6.07) is 21.6. The van der Waals surface area contributed by atoms with E-state index < -0.39 is 22.4 Å². The lowest BCUT2D eigenvalue weighted by Crippen LogP contribution is -2.51. The van der Waals surface area contributed by atoms with E-state index in [2.05, 4.69) is 99.9 Å². The molecule has 0 radical (unpaired) electrons. The van der Waals surface area contributed by atoms with Crippen molar-refractivity contribution < 1.29 is 0 Å². The van der Waals surface area contributed by atoms with Crippen molar-refractivity contribution in [2.75, 3.05) is 0 Å². The molecular weight excluding hydrogens is 351 g/mol. The highest BCUT2D eigenvalue weighted by Gasteiger charge is 2.39. The minimum atomic E-state index is -2.01. The van der Waals surface area contributed by atoms with Gasteiger partial charge in [-0.05, 0) is 10.6 Å². The van der Waals surface area contributed by atoms with Crippen LogP contribution in [-0.4, -0.2) is 20.7 Å². The van der Waals surface area contributed by atoms with Gasteiger partial charge in [-0.2, -0.15) is 0 Å². The third kappa shape index (κ3) is 3.93.